The molecule has 2 N–H and O–H groups in total. The fourth-order valence-electron chi connectivity index (χ4n) is 3.78. The van der Waals surface area contributed by atoms with Gasteiger partial charge in [0, 0.05) is 43.8 Å². The maximum atomic E-state index is 9.88. The number of rotatable bonds is 3. The Bertz CT molecular complexity index is 626. The molecule has 5 nitrogen and oxygen atoms in total. The SMILES string of the molecule is C[C@H]1CN2C[C@H](O)CC2CN1Cc1cn[nH]c1-c1cccs1. The normalized spacial score (nSPS) is 29.8. The largest absolute Gasteiger partial charge is 0.392 e. The first kappa shape index (κ1) is 14.4. The molecule has 2 aromatic heterocycles. The zero-order valence-corrected chi connectivity index (χ0v) is 13.6. The molecule has 3 atom stereocenters. The molecule has 0 amide bonds. The number of aliphatic hydroxyl groups excluding tert-OH is 1. The predicted octanol–water partition coefficient (Wildman–Crippen LogP) is 1.78. The number of hydrogen-bond acceptors (Lipinski definition) is 5. The third-order valence-corrected chi connectivity index (χ3v) is 5.82. The molecular weight excluding hydrogens is 296 g/mol. The minimum atomic E-state index is -0.146. The minimum Gasteiger partial charge on any atom is -0.392 e. The van der Waals surface area contributed by atoms with Crippen molar-refractivity contribution in [3.8, 4) is 10.6 Å². The number of nitrogens with zero attached hydrogens (tertiary/aromatic N) is 3. The number of H-pyrrole nitrogens is 1. The van der Waals surface area contributed by atoms with E-state index in [-0.39, 0.29) is 6.10 Å². The van der Waals surface area contributed by atoms with Gasteiger partial charge in [-0.3, -0.25) is 14.9 Å². The molecule has 4 heterocycles. The maximum absolute atomic E-state index is 9.88. The fraction of sp³-hybridized carbons (Fsp3) is 0.562. The van der Waals surface area contributed by atoms with Crippen LogP contribution in [0.4, 0.5) is 0 Å². The Morgan fingerprint density at radius 2 is 2.32 bits per heavy atom. The van der Waals surface area contributed by atoms with Gasteiger partial charge < -0.3 is 5.11 Å². The first-order valence-electron chi connectivity index (χ1n) is 7.93. The van der Waals surface area contributed by atoms with Crippen molar-refractivity contribution in [2.45, 2.75) is 38.1 Å². The Morgan fingerprint density at radius 3 is 3.14 bits per heavy atom. The summed E-state index contributed by atoms with van der Waals surface area (Å²) in [6.45, 7) is 6.13. The Balaban J connectivity index is 1.51. The monoisotopic (exact) mass is 318 g/mol. The summed E-state index contributed by atoms with van der Waals surface area (Å²) in [5.74, 6) is 0. The molecule has 0 radical (unpaired) electrons. The van der Waals surface area contributed by atoms with Crippen LogP contribution in [-0.2, 0) is 6.54 Å². The standard InChI is InChI=1S/C16H22N4OS/c1-11-7-20-10-14(21)5-13(20)9-19(11)8-12-6-17-18-16(12)15-3-2-4-22-15/h2-4,6,11,13-14,21H,5,7-10H2,1H3,(H,17,18)/t11-,13?,14+/m0/s1. The van der Waals surface area contributed by atoms with Crippen LogP contribution in [0.25, 0.3) is 10.6 Å². The van der Waals surface area contributed by atoms with E-state index in [1.165, 1.54) is 10.4 Å². The number of piperazine rings is 1. The minimum absolute atomic E-state index is 0.146. The molecule has 0 saturated carbocycles. The maximum Gasteiger partial charge on any atom is 0.0794 e. The smallest absolute Gasteiger partial charge is 0.0794 e. The Kier molecular flexibility index (Phi) is 3.78. The van der Waals surface area contributed by atoms with Gasteiger partial charge in [-0.2, -0.15) is 5.10 Å². The molecule has 2 aromatic rings. The van der Waals surface area contributed by atoms with Crippen molar-refractivity contribution in [2.75, 3.05) is 19.6 Å². The fourth-order valence-corrected chi connectivity index (χ4v) is 4.54. The lowest BCUT2D eigenvalue weighted by atomic mass is 10.1. The zero-order chi connectivity index (χ0) is 15.1. The molecule has 22 heavy (non-hydrogen) atoms. The number of aliphatic hydroxyl groups is 1. The van der Waals surface area contributed by atoms with Gasteiger partial charge in [0.05, 0.1) is 22.9 Å². The zero-order valence-electron chi connectivity index (χ0n) is 12.8. The van der Waals surface area contributed by atoms with Gasteiger partial charge in [-0.25, -0.2) is 0 Å². The Labute approximate surface area is 134 Å². The number of aromatic amines is 1. The van der Waals surface area contributed by atoms with E-state index in [0.29, 0.717) is 12.1 Å². The first-order valence-corrected chi connectivity index (χ1v) is 8.81. The third-order valence-electron chi connectivity index (χ3n) is 4.93. The van der Waals surface area contributed by atoms with Crippen molar-refractivity contribution in [3.63, 3.8) is 0 Å². The van der Waals surface area contributed by atoms with E-state index in [0.717, 1.165) is 38.3 Å². The second kappa shape index (κ2) is 5.77. The highest BCUT2D eigenvalue weighted by Gasteiger charge is 2.38. The number of thiophene rings is 1. The van der Waals surface area contributed by atoms with Gasteiger partial charge in [-0.05, 0) is 24.8 Å². The summed E-state index contributed by atoms with van der Waals surface area (Å²) in [7, 11) is 0. The van der Waals surface area contributed by atoms with Crippen LogP contribution >= 0.6 is 11.3 Å². The van der Waals surface area contributed by atoms with Crippen molar-refractivity contribution in [1.82, 2.24) is 20.0 Å². The van der Waals surface area contributed by atoms with Crippen molar-refractivity contribution in [3.05, 3.63) is 29.3 Å². The van der Waals surface area contributed by atoms with Crippen molar-refractivity contribution in [1.29, 1.82) is 0 Å². The summed E-state index contributed by atoms with van der Waals surface area (Å²) in [5, 5.41) is 19.4. The van der Waals surface area contributed by atoms with Crippen molar-refractivity contribution < 1.29 is 5.11 Å². The van der Waals surface area contributed by atoms with Crippen molar-refractivity contribution >= 4 is 11.3 Å². The highest BCUT2D eigenvalue weighted by Crippen LogP contribution is 2.30. The summed E-state index contributed by atoms with van der Waals surface area (Å²) >= 11 is 1.74. The van der Waals surface area contributed by atoms with E-state index >= 15 is 0 Å². The average molecular weight is 318 g/mol. The van der Waals surface area contributed by atoms with E-state index in [1.807, 2.05) is 6.20 Å². The second-order valence-corrected chi connectivity index (χ2v) is 7.47. The Hall–Kier alpha value is -1.21. The van der Waals surface area contributed by atoms with Gasteiger partial charge in [0.2, 0.25) is 0 Å². The highest BCUT2D eigenvalue weighted by atomic mass is 32.1. The molecule has 118 valence electrons. The lowest BCUT2D eigenvalue weighted by Crippen LogP contribution is -2.54. The van der Waals surface area contributed by atoms with Gasteiger partial charge in [-0.1, -0.05) is 6.07 Å². The lowest BCUT2D eigenvalue weighted by molar-refractivity contribution is 0.0530. The number of fused-ring (bicyclic) bond motifs is 1. The molecule has 0 spiro atoms. The predicted molar refractivity (Wildman–Crippen MR) is 87.8 cm³/mol. The van der Waals surface area contributed by atoms with Gasteiger partial charge >= 0.3 is 0 Å². The Morgan fingerprint density at radius 1 is 1.41 bits per heavy atom. The molecular formula is C16H22N4OS. The third kappa shape index (κ3) is 2.60. The molecule has 2 aliphatic rings. The van der Waals surface area contributed by atoms with E-state index in [9.17, 15) is 5.11 Å². The van der Waals surface area contributed by atoms with Gasteiger partial charge in [0.1, 0.15) is 0 Å². The molecule has 1 unspecified atom stereocenters. The molecule has 0 bridgehead atoms. The van der Waals surface area contributed by atoms with Crippen LogP contribution < -0.4 is 0 Å². The summed E-state index contributed by atoms with van der Waals surface area (Å²) in [5.41, 5.74) is 2.41. The van der Waals surface area contributed by atoms with Crippen LogP contribution in [0.2, 0.25) is 0 Å². The average Bonchev–Trinajstić information content (AvgIpc) is 3.18. The summed E-state index contributed by atoms with van der Waals surface area (Å²) in [6, 6.07) is 5.22. The number of aromatic nitrogens is 2. The van der Waals surface area contributed by atoms with E-state index in [2.05, 4.69) is 44.4 Å². The van der Waals surface area contributed by atoms with Crippen LogP contribution in [0.1, 0.15) is 18.9 Å². The molecule has 0 aliphatic carbocycles. The first-order chi connectivity index (χ1) is 10.7. The number of hydrogen-bond donors (Lipinski definition) is 2. The van der Waals surface area contributed by atoms with E-state index < -0.39 is 0 Å². The lowest BCUT2D eigenvalue weighted by Gasteiger charge is -2.42. The molecule has 0 aromatic carbocycles. The van der Waals surface area contributed by atoms with E-state index in [1.54, 1.807) is 11.3 Å². The molecule has 2 aliphatic heterocycles. The quantitative estimate of drug-likeness (QED) is 0.906. The van der Waals surface area contributed by atoms with Crippen LogP contribution in [0.3, 0.4) is 0 Å². The summed E-state index contributed by atoms with van der Waals surface area (Å²) in [4.78, 5) is 6.22. The van der Waals surface area contributed by atoms with Crippen molar-refractivity contribution in [2.24, 2.45) is 0 Å². The highest BCUT2D eigenvalue weighted by molar-refractivity contribution is 7.13. The van der Waals surface area contributed by atoms with Gasteiger partial charge in [-0.15, -0.1) is 11.3 Å². The van der Waals surface area contributed by atoms with Crippen LogP contribution in [0, 0.1) is 0 Å². The van der Waals surface area contributed by atoms with Crippen LogP contribution in [0.5, 0.6) is 0 Å². The van der Waals surface area contributed by atoms with E-state index in [4.69, 9.17) is 0 Å². The second-order valence-electron chi connectivity index (χ2n) is 6.52. The van der Waals surface area contributed by atoms with Gasteiger partial charge in [0.15, 0.2) is 0 Å². The molecule has 2 fully saturated rings. The summed E-state index contributed by atoms with van der Waals surface area (Å²) in [6.07, 6.45) is 2.72. The molecule has 4 rings (SSSR count). The number of nitrogens with one attached hydrogen (secondary N) is 1. The topological polar surface area (TPSA) is 55.4 Å². The van der Waals surface area contributed by atoms with Crippen LogP contribution in [0.15, 0.2) is 23.7 Å². The molecule has 2 saturated heterocycles. The van der Waals surface area contributed by atoms with Gasteiger partial charge in [0.25, 0.3) is 0 Å². The summed E-state index contributed by atoms with van der Waals surface area (Å²) < 4.78 is 0. The molecule has 6 heteroatoms. The van der Waals surface area contributed by atoms with Crippen LogP contribution in [-0.4, -0.2) is 62.9 Å².